The number of guanidine groups is 1. The Hall–Kier alpha value is -1.24. The Morgan fingerprint density at radius 1 is 1.32 bits per heavy atom. The van der Waals surface area contributed by atoms with Gasteiger partial charge in [0, 0.05) is 12.8 Å². The van der Waals surface area contributed by atoms with Crippen molar-refractivity contribution < 1.29 is 33.7 Å². The lowest BCUT2D eigenvalue weighted by Gasteiger charge is -2.32. The van der Waals surface area contributed by atoms with Crippen molar-refractivity contribution in [1.82, 2.24) is 10.6 Å². The average Bonchev–Trinajstić information content (AvgIpc) is 2.65. The average molecular weight is 497 g/mol. The van der Waals surface area contributed by atoms with E-state index in [4.69, 9.17) is 0 Å². The van der Waals surface area contributed by atoms with E-state index in [9.17, 15) is 5.11 Å². The SMILES string of the molecule is C=C(CC[C@@H](C)CCNC1=[N+]2CCc3cc(O)ccc3C2CCN1)C(C)C.[I-]. The molecular formula is C23H36IN3O. The summed E-state index contributed by atoms with van der Waals surface area (Å²) in [6.45, 7) is 14.0. The molecule has 2 aliphatic heterocycles. The van der Waals surface area contributed by atoms with Crippen molar-refractivity contribution in [2.75, 3.05) is 19.6 Å². The Morgan fingerprint density at radius 2 is 2.11 bits per heavy atom. The second-order valence-corrected chi connectivity index (χ2v) is 8.58. The van der Waals surface area contributed by atoms with Gasteiger partial charge in [-0.3, -0.25) is 15.2 Å². The van der Waals surface area contributed by atoms with E-state index < -0.39 is 0 Å². The minimum Gasteiger partial charge on any atom is -1.00 e. The maximum absolute atomic E-state index is 9.76. The second-order valence-electron chi connectivity index (χ2n) is 8.58. The van der Waals surface area contributed by atoms with Crippen LogP contribution >= 0.6 is 0 Å². The van der Waals surface area contributed by atoms with Crippen molar-refractivity contribution in [3.8, 4) is 5.75 Å². The zero-order valence-corrected chi connectivity index (χ0v) is 19.8. The molecule has 0 radical (unpaired) electrons. The van der Waals surface area contributed by atoms with Gasteiger partial charge in [-0.15, -0.1) is 0 Å². The van der Waals surface area contributed by atoms with Crippen LogP contribution in [0.2, 0.25) is 0 Å². The standard InChI is InChI=1S/C23H35N3O.HI/c1-16(2)18(4)6-5-17(3)9-12-24-23-25-13-10-22-21-8-7-20(27)15-19(21)11-14-26(22)23;/h7-8,15-17,22H,4-6,9-14H2,1-3H3,(H2,24,25,27);1H/t17-,22?;/m1./s1. The molecule has 0 spiro atoms. The summed E-state index contributed by atoms with van der Waals surface area (Å²) in [5.74, 6) is 2.87. The molecule has 2 heterocycles. The Morgan fingerprint density at radius 3 is 2.86 bits per heavy atom. The summed E-state index contributed by atoms with van der Waals surface area (Å²) in [5.41, 5.74) is 4.05. The monoisotopic (exact) mass is 497 g/mol. The van der Waals surface area contributed by atoms with Crippen LogP contribution < -0.4 is 34.6 Å². The lowest BCUT2D eigenvalue weighted by atomic mass is 9.91. The lowest BCUT2D eigenvalue weighted by Crippen LogP contribution is -3.00. The molecule has 5 heteroatoms. The highest BCUT2D eigenvalue weighted by atomic mass is 127. The van der Waals surface area contributed by atoms with E-state index in [1.54, 1.807) is 0 Å². The van der Waals surface area contributed by atoms with Crippen LogP contribution in [0, 0.1) is 11.8 Å². The highest BCUT2D eigenvalue weighted by molar-refractivity contribution is 5.75. The number of rotatable bonds is 7. The maximum atomic E-state index is 9.76. The third kappa shape index (κ3) is 5.65. The fourth-order valence-electron chi connectivity index (χ4n) is 4.17. The number of phenolic OH excluding ortho intramolecular Hbond substituents is 1. The molecule has 4 nitrogen and oxygen atoms in total. The number of aromatic hydroxyl groups is 1. The Kier molecular flexibility index (Phi) is 8.65. The number of nitrogens with one attached hydrogen (secondary N) is 2. The highest BCUT2D eigenvalue weighted by Gasteiger charge is 2.32. The van der Waals surface area contributed by atoms with E-state index in [1.165, 1.54) is 35.5 Å². The van der Waals surface area contributed by atoms with Crippen LogP contribution in [0.5, 0.6) is 5.75 Å². The van der Waals surface area contributed by atoms with Gasteiger partial charge in [-0.1, -0.05) is 39.0 Å². The predicted octanol–water partition coefficient (Wildman–Crippen LogP) is 0.963. The highest BCUT2D eigenvalue weighted by Crippen LogP contribution is 2.32. The number of allylic oxidation sites excluding steroid dienone is 1. The Balaban J connectivity index is 0.00000280. The molecule has 1 aromatic carbocycles. The first-order valence-electron chi connectivity index (χ1n) is 10.6. The summed E-state index contributed by atoms with van der Waals surface area (Å²) in [6, 6.07) is 6.29. The van der Waals surface area contributed by atoms with Crippen LogP contribution in [-0.2, 0) is 6.42 Å². The van der Waals surface area contributed by atoms with E-state index in [-0.39, 0.29) is 24.0 Å². The smallest absolute Gasteiger partial charge is 0.346 e. The van der Waals surface area contributed by atoms with Gasteiger partial charge in [0.1, 0.15) is 11.8 Å². The first-order chi connectivity index (χ1) is 13.0. The molecule has 0 aliphatic carbocycles. The summed E-state index contributed by atoms with van der Waals surface area (Å²) in [7, 11) is 0. The van der Waals surface area contributed by atoms with Gasteiger partial charge in [-0.25, -0.2) is 0 Å². The molecule has 3 rings (SSSR count). The summed E-state index contributed by atoms with van der Waals surface area (Å²) in [4.78, 5) is 0. The van der Waals surface area contributed by atoms with Crippen molar-refractivity contribution in [1.29, 1.82) is 0 Å². The molecule has 3 N–H and O–H groups in total. The summed E-state index contributed by atoms with van der Waals surface area (Å²) >= 11 is 0. The van der Waals surface area contributed by atoms with Gasteiger partial charge < -0.3 is 29.1 Å². The number of halogens is 1. The van der Waals surface area contributed by atoms with Crippen molar-refractivity contribution >= 4 is 5.96 Å². The molecule has 156 valence electrons. The van der Waals surface area contributed by atoms with E-state index in [0.717, 1.165) is 38.9 Å². The number of nitrogens with zero attached hydrogens (tertiary/aromatic N) is 1. The van der Waals surface area contributed by atoms with Gasteiger partial charge in [0.25, 0.3) is 0 Å². The Bertz CT molecular complexity index is 714. The van der Waals surface area contributed by atoms with Gasteiger partial charge in [-0.05, 0) is 54.4 Å². The summed E-state index contributed by atoms with van der Waals surface area (Å²) < 4.78 is 2.48. The zero-order valence-electron chi connectivity index (χ0n) is 17.6. The first kappa shape index (κ1) is 23.0. The van der Waals surface area contributed by atoms with Gasteiger partial charge in [0.15, 0.2) is 0 Å². The topological polar surface area (TPSA) is 47.3 Å². The number of hydrogen-bond donors (Lipinski definition) is 3. The largest absolute Gasteiger partial charge is 1.00 e. The first-order valence-corrected chi connectivity index (χ1v) is 10.6. The third-order valence-corrected chi connectivity index (χ3v) is 6.19. The lowest BCUT2D eigenvalue weighted by molar-refractivity contribution is -0.584. The van der Waals surface area contributed by atoms with E-state index in [1.807, 2.05) is 12.1 Å². The molecule has 0 saturated carbocycles. The third-order valence-electron chi connectivity index (χ3n) is 6.19. The molecule has 2 aliphatic rings. The fraction of sp³-hybridized carbons (Fsp3) is 0.609. The molecule has 0 saturated heterocycles. The van der Waals surface area contributed by atoms with E-state index in [0.29, 0.717) is 23.6 Å². The number of benzene rings is 1. The predicted molar refractivity (Wildman–Crippen MR) is 112 cm³/mol. The fourth-order valence-corrected chi connectivity index (χ4v) is 4.17. The molecule has 2 atom stereocenters. The van der Waals surface area contributed by atoms with Crippen LogP contribution in [0.1, 0.15) is 63.6 Å². The molecule has 1 unspecified atom stereocenters. The Labute approximate surface area is 187 Å². The number of phenols is 1. The molecule has 0 amide bonds. The normalized spacial score (nSPS) is 19.2. The van der Waals surface area contributed by atoms with Gasteiger partial charge >= 0.3 is 5.96 Å². The van der Waals surface area contributed by atoms with E-state index in [2.05, 4.69) is 48.6 Å². The van der Waals surface area contributed by atoms with E-state index >= 15 is 0 Å². The number of hydrogen-bond acceptors (Lipinski definition) is 3. The minimum atomic E-state index is 0. The van der Waals surface area contributed by atoms with Gasteiger partial charge in [-0.2, -0.15) is 0 Å². The summed E-state index contributed by atoms with van der Waals surface area (Å²) in [6.07, 6.45) is 5.65. The van der Waals surface area contributed by atoms with Crippen LogP contribution in [0.3, 0.4) is 0 Å². The molecule has 0 aromatic heterocycles. The van der Waals surface area contributed by atoms with Gasteiger partial charge in [0.05, 0.1) is 19.6 Å². The van der Waals surface area contributed by atoms with Crippen LogP contribution in [0.4, 0.5) is 0 Å². The molecule has 0 bridgehead atoms. The van der Waals surface area contributed by atoms with Crippen molar-refractivity contribution in [2.45, 2.75) is 58.9 Å². The molecule has 0 fully saturated rings. The maximum Gasteiger partial charge on any atom is 0.346 e. The van der Waals surface area contributed by atoms with Crippen molar-refractivity contribution in [3.05, 3.63) is 41.5 Å². The molecule has 28 heavy (non-hydrogen) atoms. The zero-order chi connectivity index (χ0) is 19.4. The minimum absolute atomic E-state index is 0. The van der Waals surface area contributed by atoms with Crippen molar-refractivity contribution in [2.24, 2.45) is 11.8 Å². The number of fused-ring (bicyclic) bond motifs is 3. The van der Waals surface area contributed by atoms with Crippen LogP contribution in [-0.4, -0.2) is 35.3 Å². The van der Waals surface area contributed by atoms with Crippen molar-refractivity contribution in [3.63, 3.8) is 0 Å². The summed E-state index contributed by atoms with van der Waals surface area (Å²) in [5, 5.41) is 17.0. The van der Waals surface area contributed by atoms with Gasteiger partial charge in [0.2, 0.25) is 0 Å². The molecule has 1 aromatic rings. The second kappa shape index (κ2) is 10.5. The van der Waals surface area contributed by atoms with Crippen LogP contribution in [0.25, 0.3) is 0 Å². The molecular weight excluding hydrogens is 461 g/mol. The quantitative estimate of drug-likeness (QED) is 0.299. The van der Waals surface area contributed by atoms with Crippen LogP contribution in [0.15, 0.2) is 30.4 Å².